The Balaban J connectivity index is 2.32. The molecule has 0 aliphatic heterocycles. The summed E-state index contributed by atoms with van der Waals surface area (Å²) < 4.78 is 26.8. The molecule has 0 atom stereocenters. The fourth-order valence-corrected chi connectivity index (χ4v) is 3.08. The molecule has 1 aromatic carbocycles. The lowest BCUT2D eigenvalue weighted by molar-refractivity contribution is 0.584. The Morgan fingerprint density at radius 1 is 1.10 bits per heavy atom. The number of aryl methyl sites for hydroxylation is 1. The van der Waals surface area contributed by atoms with Gasteiger partial charge < -0.3 is 5.32 Å². The van der Waals surface area contributed by atoms with E-state index < -0.39 is 10.0 Å². The monoisotopic (exact) mass is 305 g/mol. The van der Waals surface area contributed by atoms with E-state index in [0.717, 1.165) is 12.1 Å². The first-order valence-electron chi connectivity index (χ1n) is 6.87. The zero-order valence-corrected chi connectivity index (χ0v) is 12.9. The Bertz CT molecular complexity index is 697. The maximum absolute atomic E-state index is 12.2. The van der Waals surface area contributed by atoms with Gasteiger partial charge in [-0.2, -0.15) is 0 Å². The Morgan fingerprint density at radius 3 is 2.43 bits per heavy atom. The van der Waals surface area contributed by atoms with Crippen LogP contribution in [-0.2, 0) is 16.4 Å². The third-order valence-corrected chi connectivity index (χ3v) is 4.60. The molecular weight excluding hydrogens is 286 g/mol. The third kappa shape index (κ3) is 3.80. The van der Waals surface area contributed by atoms with Gasteiger partial charge in [0.25, 0.3) is 0 Å². The minimum Gasteiger partial charge on any atom is -0.339 e. The predicted molar refractivity (Wildman–Crippen MR) is 84.2 cm³/mol. The molecule has 0 bridgehead atoms. The molecule has 112 valence electrons. The SMILES string of the molecule is CCNS(=O)(=O)c1cccnc1Nc1ccc(CC)cc1. The topological polar surface area (TPSA) is 71.1 Å². The summed E-state index contributed by atoms with van der Waals surface area (Å²) in [5.41, 5.74) is 2.03. The van der Waals surface area contributed by atoms with E-state index in [1.54, 1.807) is 19.2 Å². The number of aromatic nitrogens is 1. The zero-order valence-electron chi connectivity index (χ0n) is 12.1. The van der Waals surface area contributed by atoms with Crippen molar-refractivity contribution >= 4 is 21.5 Å². The van der Waals surface area contributed by atoms with Crippen LogP contribution in [0.3, 0.4) is 0 Å². The van der Waals surface area contributed by atoms with E-state index in [2.05, 4.69) is 21.9 Å². The molecule has 1 aromatic heterocycles. The van der Waals surface area contributed by atoms with E-state index in [1.807, 2.05) is 24.3 Å². The molecule has 2 aromatic rings. The summed E-state index contributed by atoms with van der Waals surface area (Å²) in [7, 11) is -3.55. The normalized spacial score (nSPS) is 11.3. The molecular formula is C15H19N3O2S. The van der Waals surface area contributed by atoms with Crippen molar-refractivity contribution in [2.45, 2.75) is 25.2 Å². The second-order valence-electron chi connectivity index (χ2n) is 4.53. The van der Waals surface area contributed by atoms with Gasteiger partial charge in [0.1, 0.15) is 4.90 Å². The van der Waals surface area contributed by atoms with Crippen LogP contribution in [0.25, 0.3) is 0 Å². The molecule has 0 aliphatic rings. The van der Waals surface area contributed by atoms with Gasteiger partial charge in [0, 0.05) is 18.4 Å². The summed E-state index contributed by atoms with van der Waals surface area (Å²) in [6.07, 6.45) is 2.53. The van der Waals surface area contributed by atoms with Crippen LogP contribution >= 0.6 is 0 Å². The van der Waals surface area contributed by atoms with Crippen molar-refractivity contribution in [3.05, 3.63) is 48.2 Å². The maximum Gasteiger partial charge on any atom is 0.244 e. The molecule has 0 amide bonds. The quantitative estimate of drug-likeness (QED) is 0.861. The summed E-state index contributed by atoms with van der Waals surface area (Å²) in [6, 6.07) is 11.0. The molecule has 1 heterocycles. The number of sulfonamides is 1. The van der Waals surface area contributed by atoms with Crippen LogP contribution < -0.4 is 10.0 Å². The highest BCUT2D eigenvalue weighted by Gasteiger charge is 2.18. The van der Waals surface area contributed by atoms with Crippen LogP contribution in [0.4, 0.5) is 11.5 Å². The van der Waals surface area contributed by atoms with Gasteiger partial charge in [-0.15, -0.1) is 0 Å². The third-order valence-electron chi connectivity index (χ3n) is 3.02. The molecule has 0 aliphatic carbocycles. The van der Waals surface area contributed by atoms with Crippen molar-refractivity contribution in [2.75, 3.05) is 11.9 Å². The first-order valence-corrected chi connectivity index (χ1v) is 8.35. The minimum atomic E-state index is -3.55. The van der Waals surface area contributed by atoms with Crippen LogP contribution in [0.1, 0.15) is 19.4 Å². The average Bonchev–Trinajstić information content (AvgIpc) is 2.48. The molecule has 0 saturated carbocycles. The highest BCUT2D eigenvalue weighted by molar-refractivity contribution is 7.89. The Hall–Kier alpha value is -1.92. The van der Waals surface area contributed by atoms with Gasteiger partial charge in [-0.1, -0.05) is 26.0 Å². The van der Waals surface area contributed by atoms with Crippen LogP contribution in [0.15, 0.2) is 47.5 Å². The summed E-state index contributed by atoms with van der Waals surface area (Å²) >= 11 is 0. The highest BCUT2D eigenvalue weighted by Crippen LogP contribution is 2.22. The number of pyridine rings is 1. The summed E-state index contributed by atoms with van der Waals surface area (Å²) in [4.78, 5) is 4.28. The molecule has 21 heavy (non-hydrogen) atoms. The Labute approximate surface area is 125 Å². The van der Waals surface area contributed by atoms with Crippen molar-refractivity contribution in [1.82, 2.24) is 9.71 Å². The lowest BCUT2D eigenvalue weighted by atomic mass is 10.1. The predicted octanol–water partition coefficient (Wildman–Crippen LogP) is 2.69. The van der Waals surface area contributed by atoms with Crippen molar-refractivity contribution in [1.29, 1.82) is 0 Å². The van der Waals surface area contributed by atoms with Gasteiger partial charge >= 0.3 is 0 Å². The van der Waals surface area contributed by atoms with Gasteiger partial charge in [-0.05, 0) is 36.2 Å². The van der Waals surface area contributed by atoms with E-state index in [0.29, 0.717) is 12.4 Å². The van der Waals surface area contributed by atoms with E-state index in [9.17, 15) is 8.42 Å². The molecule has 0 saturated heterocycles. The highest BCUT2D eigenvalue weighted by atomic mass is 32.2. The van der Waals surface area contributed by atoms with E-state index in [4.69, 9.17) is 0 Å². The van der Waals surface area contributed by atoms with E-state index >= 15 is 0 Å². The largest absolute Gasteiger partial charge is 0.339 e. The fraction of sp³-hybridized carbons (Fsp3) is 0.267. The number of benzene rings is 1. The molecule has 0 spiro atoms. The van der Waals surface area contributed by atoms with Crippen molar-refractivity contribution in [2.24, 2.45) is 0 Å². The average molecular weight is 305 g/mol. The van der Waals surface area contributed by atoms with E-state index in [-0.39, 0.29) is 4.90 Å². The van der Waals surface area contributed by atoms with Gasteiger partial charge in [0.05, 0.1) is 0 Å². The molecule has 0 fully saturated rings. The lowest BCUT2D eigenvalue weighted by Crippen LogP contribution is -2.24. The molecule has 5 nitrogen and oxygen atoms in total. The molecule has 2 N–H and O–H groups in total. The molecule has 0 radical (unpaired) electrons. The van der Waals surface area contributed by atoms with Crippen molar-refractivity contribution < 1.29 is 8.42 Å². The summed E-state index contributed by atoms with van der Waals surface area (Å²) in [6.45, 7) is 4.16. The first-order chi connectivity index (χ1) is 10.1. The molecule has 6 heteroatoms. The Morgan fingerprint density at radius 2 is 1.81 bits per heavy atom. The van der Waals surface area contributed by atoms with Crippen LogP contribution in [0.5, 0.6) is 0 Å². The van der Waals surface area contributed by atoms with E-state index in [1.165, 1.54) is 11.6 Å². The van der Waals surface area contributed by atoms with Crippen LogP contribution in [0.2, 0.25) is 0 Å². The molecule has 0 unspecified atom stereocenters. The Kier molecular flexibility index (Phi) is 4.93. The van der Waals surface area contributed by atoms with Gasteiger partial charge in [-0.25, -0.2) is 18.1 Å². The first kappa shape index (κ1) is 15.5. The second-order valence-corrected chi connectivity index (χ2v) is 6.26. The maximum atomic E-state index is 12.2. The van der Waals surface area contributed by atoms with Crippen LogP contribution in [0, 0.1) is 0 Å². The van der Waals surface area contributed by atoms with Gasteiger partial charge in [-0.3, -0.25) is 0 Å². The second kappa shape index (κ2) is 6.69. The number of hydrogen-bond donors (Lipinski definition) is 2. The van der Waals surface area contributed by atoms with Crippen molar-refractivity contribution in [3.8, 4) is 0 Å². The zero-order chi connectivity index (χ0) is 15.3. The number of nitrogens with one attached hydrogen (secondary N) is 2. The fourth-order valence-electron chi connectivity index (χ4n) is 1.93. The molecule has 2 rings (SSSR count). The smallest absolute Gasteiger partial charge is 0.244 e. The van der Waals surface area contributed by atoms with Gasteiger partial charge in [0.2, 0.25) is 10.0 Å². The number of rotatable bonds is 6. The summed E-state index contributed by atoms with van der Waals surface area (Å²) in [5, 5.41) is 3.06. The standard InChI is InChI=1S/C15H19N3O2S/c1-3-12-7-9-13(10-8-12)18-15-14(6-5-11-16-15)21(19,20)17-4-2/h5-11,17H,3-4H2,1-2H3,(H,16,18). The van der Waals surface area contributed by atoms with Crippen LogP contribution in [-0.4, -0.2) is 19.9 Å². The lowest BCUT2D eigenvalue weighted by Gasteiger charge is -2.11. The number of hydrogen-bond acceptors (Lipinski definition) is 4. The number of anilines is 2. The van der Waals surface area contributed by atoms with Crippen molar-refractivity contribution in [3.63, 3.8) is 0 Å². The minimum absolute atomic E-state index is 0.145. The van der Waals surface area contributed by atoms with Gasteiger partial charge in [0.15, 0.2) is 5.82 Å². The number of nitrogens with zero attached hydrogens (tertiary/aromatic N) is 1. The summed E-state index contributed by atoms with van der Waals surface area (Å²) in [5.74, 6) is 0.322.